The maximum absolute atomic E-state index is 13.9. The minimum absolute atomic E-state index is 0.189. The second-order valence-electron chi connectivity index (χ2n) is 4.04. The first-order valence-corrected chi connectivity index (χ1v) is 6.98. The third-order valence-electron chi connectivity index (χ3n) is 3.02. The van der Waals surface area contributed by atoms with Crippen LogP contribution < -0.4 is 0 Å². The quantitative estimate of drug-likeness (QED) is 0.658. The molecule has 0 bridgehead atoms. The molecule has 5 heteroatoms. The zero-order valence-corrected chi connectivity index (χ0v) is 10.1. The summed E-state index contributed by atoms with van der Waals surface area (Å²) in [6.07, 6.45) is 3.51. The van der Waals surface area contributed by atoms with E-state index in [0.717, 1.165) is 6.07 Å². The SMILES string of the molecule is O=CC1OC([SH]2C=CC=C2)c2c1ccc(F)c2F. The Hall–Kier alpha value is -1.46. The molecule has 2 aliphatic rings. The number of thiol groups is 1. The standard InChI is InChI=1S/C13H10F2O2S/c14-9-4-3-8-10(7-16)17-13(11(8)12(9)15)18-5-1-2-6-18/h1-7,10,13,18H. The van der Waals surface area contributed by atoms with Crippen LogP contribution in [0.1, 0.15) is 22.7 Å². The number of benzene rings is 1. The number of aldehydes is 1. The molecule has 0 radical (unpaired) electrons. The van der Waals surface area contributed by atoms with Crippen molar-refractivity contribution < 1.29 is 18.3 Å². The van der Waals surface area contributed by atoms with E-state index in [0.29, 0.717) is 11.8 Å². The lowest BCUT2D eigenvalue weighted by Crippen LogP contribution is -1.99. The summed E-state index contributed by atoms with van der Waals surface area (Å²) in [5.74, 6) is -1.81. The minimum atomic E-state index is -0.906. The molecule has 1 aromatic carbocycles. The van der Waals surface area contributed by atoms with Gasteiger partial charge >= 0.3 is 0 Å². The van der Waals surface area contributed by atoms with Crippen LogP contribution in [0.5, 0.6) is 0 Å². The predicted octanol–water partition coefficient (Wildman–Crippen LogP) is 3.28. The first-order chi connectivity index (χ1) is 8.72. The molecule has 2 heterocycles. The summed E-state index contributed by atoms with van der Waals surface area (Å²) in [7, 11) is -0.843. The fourth-order valence-electron chi connectivity index (χ4n) is 2.19. The van der Waals surface area contributed by atoms with Crippen molar-refractivity contribution >= 4 is 17.2 Å². The van der Waals surface area contributed by atoms with Gasteiger partial charge in [0.25, 0.3) is 0 Å². The largest absolute Gasteiger partial charge is 0.348 e. The van der Waals surface area contributed by atoms with Gasteiger partial charge in [0.2, 0.25) is 0 Å². The summed E-state index contributed by atoms with van der Waals surface area (Å²) in [5.41, 5.74) is 0.0513. The van der Waals surface area contributed by atoms with Gasteiger partial charge in [0.15, 0.2) is 17.9 Å². The smallest absolute Gasteiger partial charge is 0.165 e. The van der Waals surface area contributed by atoms with E-state index in [9.17, 15) is 13.6 Å². The van der Waals surface area contributed by atoms with Crippen molar-refractivity contribution in [1.82, 2.24) is 0 Å². The molecule has 2 atom stereocenters. The molecule has 1 aromatic rings. The van der Waals surface area contributed by atoms with E-state index >= 15 is 0 Å². The second-order valence-corrected chi connectivity index (χ2v) is 6.00. The van der Waals surface area contributed by atoms with E-state index < -0.39 is 34.1 Å². The zero-order chi connectivity index (χ0) is 12.7. The normalized spacial score (nSPS) is 26.7. The molecule has 0 saturated heterocycles. The second kappa shape index (κ2) is 4.33. The van der Waals surface area contributed by atoms with Crippen molar-refractivity contribution in [2.24, 2.45) is 0 Å². The van der Waals surface area contributed by atoms with Gasteiger partial charge in [-0.05, 0) is 22.4 Å². The molecule has 2 unspecified atom stereocenters. The number of carbonyl (C=O) groups excluding carboxylic acids is 1. The highest BCUT2D eigenvalue weighted by Gasteiger charge is 2.37. The number of allylic oxidation sites excluding steroid dienone is 2. The highest BCUT2D eigenvalue weighted by molar-refractivity contribution is 8.22. The van der Waals surface area contributed by atoms with Crippen LogP contribution in [0.3, 0.4) is 0 Å². The number of halogens is 2. The van der Waals surface area contributed by atoms with E-state index in [4.69, 9.17) is 4.74 Å². The molecular weight excluding hydrogens is 258 g/mol. The van der Waals surface area contributed by atoms with Crippen molar-refractivity contribution in [2.75, 3.05) is 0 Å². The number of carbonyl (C=O) groups is 1. The molecule has 0 aromatic heterocycles. The Labute approximate surface area is 105 Å². The summed E-state index contributed by atoms with van der Waals surface area (Å²) in [6.45, 7) is 0. The average molecular weight is 268 g/mol. The zero-order valence-electron chi connectivity index (χ0n) is 9.22. The molecule has 0 aliphatic carbocycles. The van der Waals surface area contributed by atoms with Gasteiger partial charge in [-0.15, -0.1) is 0 Å². The monoisotopic (exact) mass is 268 g/mol. The van der Waals surface area contributed by atoms with Crippen LogP contribution in [-0.4, -0.2) is 6.29 Å². The summed E-state index contributed by atoms with van der Waals surface area (Å²) >= 11 is 0. The van der Waals surface area contributed by atoms with E-state index in [1.54, 1.807) is 0 Å². The number of fused-ring (bicyclic) bond motifs is 1. The molecule has 0 fully saturated rings. The summed E-state index contributed by atoms with van der Waals surface area (Å²) in [5, 5.41) is 3.81. The van der Waals surface area contributed by atoms with Gasteiger partial charge in [-0.25, -0.2) is 8.78 Å². The molecular formula is C13H10F2O2S. The first-order valence-electron chi connectivity index (χ1n) is 5.43. The summed E-state index contributed by atoms with van der Waals surface area (Å²) < 4.78 is 32.8. The van der Waals surface area contributed by atoms with Crippen molar-refractivity contribution in [3.63, 3.8) is 0 Å². The highest BCUT2D eigenvalue weighted by Crippen LogP contribution is 2.56. The molecule has 0 saturated carbocycles. The maximum atomic E-state index is 13.9. The van der Waals surface area contributed by atoms with Gasteiger partial charge in [0, 0.05) is 5.56 Å². The Kier molecular flexibility index (Phi) is 2.80. The Morgan fingerprint density at radius 1 is 1.22 bits per heavy atom. The van der Waals surface area contributed by atoms with Gasteiger partial charge in [0.05, 0.1) is 0 Å². The third kappa shape index (κ3) is 1.62. The van der Waals surface area contributed by atoms with Gasteiger partial charge in [-0.1, -0.05) is 18.2 Å². The van der Waals surface area contributed by atoms with Crippen LogP contribution in [0.25, 0.3) is 0 Å². The Bertz CT molecular complexity index is 556. The summed E-state index contributed by atoms with van der Waals surface area (Å²) in [4.78, 5) is 11.0. The number of ether oxygens (including phenoxy) is 1. The average Bonchev–Trinajstić information content (AvgIpc) is 3.00. The van der Waals surface area contributed by atoms with Crippen LogP contribution in [0.4, 0.5) is 8.78 Å². The molecule has 18 heavy (non-hydrogen) atoms. The van der Waals surface area contributed by atoms with Crippen LogP contribution in [0.2, 0.25) is 0 Å². The number of hydrogen-bond acceptors (Lipinski definition) is 2. The Morgan fingerprint density at radius 3 is 2.61 bits per heavy atom. The third-order valence-corrected chi connectivity index (χ3v) is 4.97. The fourth-order valence-corrected chi connectivity index (χ4v) is 4.03. The Balaban J connectivity index is 2.12. The molecule has 94 valence electrons. The number of rotatable bonds is 2. The molecule has 0 N–H and O–H groups in total. The van der Waals surface area contributed by atoms with Crippen molar-refractivity contribution in [2.45, 2.75) is 11.5 Å². The molecule has 2 aliphatic heterocycles. The lowest BCUT2D eigenvalue weighted by molar-refractivity contribution is -0.117. The highest BCUT2D eigenvalue weighted by atomic mass is 32.2. The van der Waals surface area contributed by atoms with E-state index in [-0.39, 0.29) is 5.56 Å². The first kappa shape index (κ1) is 11.6. The fraction of sp³-hybridized carbons (Fsp3) is 0.154. The lowest BCUT2D eigenvalue weighted by atomic mass is 10.1. The van der Waals surface area contributed by atoms with Crippen LogP contribution in [-0.2, 0) is 9.53 Å². The van der Waals surface area contributed by atoms with Crippen molar-refractivity contribution in [3.05, 3.63) is 57.9 Å². The van der Waals surface area contributed by atoms with Crippen molar-refractivity contribution in [3.8, 4) is 0 Å². The number of hydrogen-bond donors (Lipinski definition) is 1. The van der Waals surface area contributed by atoms with Crippen molar-refractivity contribution in [1.29, 1.82) is 0 Å². The van der Waals surface area contributed by atoms with E-state index in [1.807, 2.05) is 23.0 Å². The maximum Gasteiger partial charge on any atom is 0.165 e. The molecule has 3 rings (SSSR count). The van der Waals surface area contributed by atoms with Gasteiger partial charge < -0.3 is 9.53 Å². The minimum Gasteiger partial charge on any atom is -0.348 e. The van der Waals surface area contributed by atoms with Gasteiger partial charge in [-0.2, -0.15) is 10.9 Å². The topological polar surface area (TPSA) is 26.3 Å². The van der Waals surface area contributed by atoms with E-state index in [2.05, 4.69) is 0 Å². The molecule has 0 amide bonds. The van der Waals surface area contributed by atoms with Gasteiger partial charge in [0.1, 0.15) is 11.5 Å². The van der Waals surface area contributed by atoms with E-state index in [1.165, 1.54) is 6.07 Å². The molecule has 0 spiro atoms. The lowest BCUT2D eigenvalue weighted by Gasteiger charge is -2.20. The van der Waals surface area contributed by atoms with Crippen LogP contribution in [0.15, 0.2) is 35.1 Å². The summed E-state index contributed by atoms with van der Waals surface area (Å²) in [6, 6.07) is 2.45. The molecule has 2 nitrogen and oxygen atoms in total. The van der Waals surface area contributed by atoms with Gasteiger partial charge in [-0.3, -0.25) is 0 Å². The van der Waals surface area contributed by atoms with Crippen LogP contribution >= 0.6 is 10.9 Å². The predicted molar refractivity (Wildman–Crippen MR) is 66.3 cm³/mol. The van der Waals surface area contributed by atoms with Crippen LogP contribution in [0, 0.1) is 11.6 Å². The Morgan fingerprint density at radius 2 is 1.94 bits per heavy atom.